The number of methoxy groups -OCH3 is 1. The predicted octanol–water partition coefficient (Wildman–Crippen LogP) is 4.32. The van der Waals surface area contributed by atoms with E-state index in [1.165, 1.54) is 12.1 Å². The van der Waals surface area contributed by atoms with Gasteiger partial charge in [-0.15, -0.1) is 5.10 Å². The maximum absolute atomic E-state index is 13.6. The van der Waals surface area contributed by atoms with Crippen LogP contribution in [0, 0.1) is 6.92 Å². The molecular formula is C29H36N6O5S. The van der Waals surface area contributed by atoms with E-state index in [0.717, 1.165) is 37.1 Å². The van der Waals surface area contributed by atoms with Gasteiger partial charge in [-0.3, -0.25) is 9.52 Å². The number of fused-ring (bicyclic) bond motifs is 1. The first kappa shape index (κ1) is 28.6. The van der Waals surface area contributed by atoms with Crippen molar-refractivity contribution in [1.29, 1.82) is 0 Å². The molecule has 2 heterocycles. The molecule has 4 aromatic rings. The predicted molar refractivity (Wildman–Crippen MR) is 157 cm³/mol. The molecule has 5 rings (SSSR count). The number of anilines is 1. The van der Waals surface area contributed by atoms with Crippen molar-refractivity contribution in [3.63, 3.8) is 0 Å². The van der Waals surface area contributed by atoms with E-state index in [2.05, 4.69) is 9.71 Å². The number of benzene rings is 2. The van der Waals surface area contributed by atoms with Gasteiger partial charge in [-0.25, -0.2) is 17.9 Å². The molecule has 2 N–H and O–H groups in total. The molecule has 11 nitrogen and oxygen atoms in total. The van der Waals surface area contributed by atoms with Crippen LogP contribution >= 0.6 is 0 Å². The molecule has 0 radical (unpaired) electrons. The first-order chi connectivity index (χ1) is 19.6. The number of aromatic amines is 1. The number of hydrogen-bond acceptors (Lipinski definition) is 8. The van der Waals surface area contributed by atoms with E-state index in [-0.39, 0.29) is 22.2 Å². The van der Waals surface area contributed by atoms with Gasteiger partial charge in [0, 0.05) is 23.7 Å². The number of hydrogen-bond donors (Lipinski definition) is 2. The molecule has 41 heavy (non-hydrogen) atoms. The molecule has 2 aromatic heterocycles. The second-order valence-electron chi connectivity index (χ2n) is 10.6. The van der Waals surface area contributed by atoms with Gasteiger partial charge in [-0.05, 0) is 77.2 Å². The highest BCUT2D eigenvalue weighted by molar-refractivity contribution is 7.92. The third kappa shape index (κ3) is 5.80. The largest absolute Gasteiger partial charge is 0.496 e. The van der Waals surface area contributed by atoms with Gasteiger partial charge >= 0.3 is 0 Å². The summed E-state index contributed by atoms with van der Waals surface area (Å²) in [7, 11) is 1.42. The standard InChI is InChI=1S/C29H36N6O5S/c1-6-40-25-14-12-22(41(37,38)33-21-11-13-24(39-5)20(15-21)17-34(3)4)16-23(25)27-31-29(36)26-18(2)30-28(35(26)32-27)19-9-7-8-10-19/h11-16,19,33H,6-10,17H2,1-5H3,(H,31,32,36). The first-order valence-corrected chi connectivity index (χ1v) is 15.2. The lowest BCUT2D eigenvalue weighted by atomic mass is 10.1. The average Bonchev–Trinajstić information content (AvgIpc) is 3.57. The van der Waals surface area contributed by atoms with Crippen LogP contribution in [-0.2, 0) is 16.6 Å². The van der Waals surface area contributed by atoms with Crippen molar-refractivity contribution in [3.05, 3.63) is 63.8 Å². The molecule has 2 aromatic carbocycles. The van der Waals surface area contributed by atoms with Crippen LogP contribution in [0.15, 0.2) is 46.1 Å². The lowest BCUT2D eigenvalue weighted by Crippen LogP contribution is -2.17. The Balaban J connectivity index is 1.57. The van der Waals surface area contributed by atoms with Crippen molar-refractivity contribution in [2.75, 3.05) is 32.5 Å². The van der Waals surface area contributed by atoms with Crippen LogP contribution in [0.25, 0.3) is 16.9 Å². The Hall–Kier alpha value is -3.90. The summed E-state index contributed by atoms with van der Waals surface area (Å²) in [6.07, 6.45) is 4.21. The third-order valence-corrected chi connectivity index (χ3v) is 8.64. The average molecular weight is 581 g/mol. The molecule has 0 aliphatic heterocycles. The highest BCUT2D eigenvalue weighted by Gasteiger charge is 2.26. The number of rotatable bonds is 10. The van der Waals surface area contributed by atoms with Gasteiger partial charge < -0.3 is 19.4 Å². The Morgan fingerprint density at radius 2 is 1.85 bits per heavy atom. The lowest BCUT2D eigenvalue weighted by molar-refractivity contribution is 0.341. The quantitative estimate of drug-likeness (QED) is 0.284. The van der Waals surface area contributed by atoms with Gasteiger partial charge in [-0.2, -0.15) is 0 Å². The zero-order chi connectivity index (χ0) is 29.3. The third-order valence-electron chi connectivity index (χ3n) is 7.26. The molecular weight excluding hydrogens is 544 g/mol. The Morgan fingerprint density at radius 1 is 1.12 bits per heavy atom. The molecule has 1 fully saturated rings. The lowest BCUT2D eigenvalue weighted by Gasteiger charge is -2.16. The van der Waals surface area contributed by atoms with Crippen molar-refractivity contribution >= 4 is 21.2 Å². The number of aryl methyl sites for hydroxylation is 1. The molecule has 0 amide bonds. The van der Waals surface area contributed by atoms with Crippen LogP contribution in [0.1, 0.15) is 55.6 Å². The van der Waals surface area contributed by atoms with Crippen LogP contribution in [0.4, 0.5) is 5.69 Å². The van der Waals surface area contributed by atoms with E-state index >= 15 is 0 Å². The van der Waals surface area contributed by atoms with Gasteiger partial charge in [0.1, 0.15) is 17.3 Å². The molecule has 0 unspecified atom stereocenters. The Morgan fingerprint density at radius 3 is 2.54 bits per heavy atom. The number of nitrogens with zero attached hydrogens (tertiary/aromatic N) is 4. The molecule has 0 bridgehead atoms. The van der Waals surface area contributed by atoms with E-state index in [4.69, 9.17) is 19.6 Å². The topological polar surface area (TPSA) is 131 Å². The molecule has 0 atom stereocenters. The zero-order valence-corrected chi connectivity index (χ0v) is 24.8. The summed E-state index contributed by atoms with van der Waals surface area (Å²) in [5, 5.41) is 4.76. The molecule has 0 saturated heterocycles. The number of sulfonamides is 1. The van der Waals surface area contributed by atoms with Crippen molar-refractivity contribution in [2.45, 2.75) is 56.9 Å². The summed E-state index contributed by atoms with van der Waals surface area (Å²) < 4.78 is 42.7. The fraction of sp³-hybridized carbons (Fsp3) is 0.414. The normalized spacial score (nSPS) is 14.2. The maximum Gasteiger partial charge on any atom is 0.277 e. The highest BCUT2D eigenvalue weighted by atomic mass is 32.2. The SMILES string of the molecule is CCOc1ccc(S(=O)(=O)Nc2ccc(OC)c(CN(C)C)c2)cc1-c1nn2c(C3CCCC3)nc(C)c2c(=O)[nH]1. The van der Waals surface area contributed by atoms with Crippen molar-refractivity contribution < 1.29 is 17.9 Å². The van der Waals surface area contributed by atoms with Gasteiger partial charge in [0.25, 0.3) is 15.6 Å². The summed E-state index contributed by atoms with van der Waals surface area (Å²) >= 11 is 0. The van der Waals surface area contributed by atoms with Gasteiger partial charge in [-0.1, -0.05) is 12.8 Å². The fourth-order valence-electron chi connectivity index (χ4n) is 5.43. The summed E-state index contributed by atoms with van der Waals surface area (Å²) in [5.41, 5.74) is 2.28. The van der Waals surface area contributed by atoms with Crippen molar-refractivity contribution in [1.82, 2.24) is 24.5 Å². The minimum absolute atomic E-state index is 0.00139. The molecule has 1 saturated carbocycles. The van der Waals surface area contributed by atoms with Crippen LogP contribution in [-0.4, -0.2) is 60.7 Å². The molecule has 1 aliphatic rings. The summed E-state index contributed by atoms with van der Waals surface area (Å²) in [6.45, 7) is 4.56. The molecule has 218 valence electrons. The van der Waals surface area contributed by atoms with E-state index in [9.17, 15) is 13.2 Å². The Labute approximate surface area is 239 Å². The van der Waals surface area contributed by atoms with Gasteiger partial charge in [0.15, 0.2) is 11.3 Å². The molecule has 0 spiro atoms. The number of imidazole rings is 1. The highest BCUT2D eigenvalue weighted by Crippen LogP contribution is 2.35. The smallest absolute Gasteiger partial charge is 0.277 e. The van der Waals surface area contributed by atoms with E-state index in [0.29, 0.717) is 47.1 Å². The van der Waals surface area contributed by atoms with Gasteiger partial charge in [0.05, 0.1) is 29.9 Å². The van der Waals surface area contributed by atoms with E-state index < -0.39 is 10.0 Å². The van der Waals surface area contributed by atoms with Crippen molar-refractivity contribution in [3.8, 4) is 22.9 Å². The number of aromatic nitrogens is 4. The summed E-state index contributed by atoms with van der Waals surface area (Å²) in [6, 6.07) is 9.68. The second kappa shape index (κ2) is 11.5. The number of H-pyrrole nitrogens is 1. The number of nitrogens with one attached hydrogen (secondary N) is 2. The minimum atomic E-state index is -4.01. The van der Waals surface area contributed by atoms with Crippen LogP contribution in [0.3, 0.4) is 0 Å². The zero-order valence-electron chi connectivity index (χ0n) is 24.0. The number of ether oxygens (including phenoxy) is 2. The minimum Gasteiger partial charge on any atom is -0.496 e. The first-order valence-electron chi connectivity index (χ1n) is 13.7. The summed E-state index contributed by atoms with van der Waals surface area (Å²) in [4.78, 5) is 22.7. The van der Waals surface area contributed by atoms with Crippen molar-refractivity contribution in [2.24, 2.45) is 0 Å². The monoisotopic (exact) mass is 580 g/mol. The van der Waals surface area contributed by atoms with Crippen LogP contribution in [0.5, 0.6) is 11.5 Å². The Kier molecular flexibility index (Phi) is 8.05. The van der Waals surface area contributed by atoms with Crippen LogP contribution < -0.4 is 19.8 Å². The van der Waals surface area contributed by atoms with Gasteiger partial charge in [0.2, 0.25) is 0 Å². The fourth-order valence-corrected chi connectivity index (χ4v) is 6.50. The molecule has 1 aliphatic carbocycles. The Bertz CT molecular complexity index is 1740. The van der Waals surface area contributed by atoms with E-state index in [1.807, 2.05) is 25.9 Å². The second-order valence-corrected chi connectivity index (χ2v) is 12.2. The maximum atomic E-state index is 13.6. The summed E-state index contributed by atoms with van der Waals surface area (Å²) in [5.74, 6) is 2.27. The van der Waals surface area contributed by atoms with E-state index in [1.54, 1.807) is 42.8 Å². The molecule has 12 heteroatoms. The van der Waals surface area contributed by atoms with Crippen LogP contribution in [0.2, 0.25) is 0 Å².